The lowest BCUT2D eigenvalue weighted by Crippen LogP contribution is -2.43. The third-order valence-electron chi connectivity index (χ3n) is 6.23. The number of benzene rings is 1. The van der Waals surface area contributed by atoms with E-state index in [9.17, 15) is 9.59 Å². The van der Waals surface area contributed by atoms with Crippen molar-refractivity contribution in [3.63, 3.8) is 0 Å². The number of imide groups is 1. The number of rotatable bonds is 6. The Labute approximate surface area is 166 Å². The zero-order valence-corrected chi connectivity index (χ0v) is 16.9. The van der Waals surface area contributed by atoms with Crippen molar-refractivity contribution in [2.75, 3.05) is 26.4 Å². The highest BCUT2D eigenvalue weighted by Gasteiger charge is 2.48. The van der Waals surface area contributed by atoms with Crippen LogP contribution in [0.25, 0.3) is 0 Å². The summed E-state index contributed by atoms with van der Waals surface area (Å²) < 4.78 is 11.5. The standard InChI is InChI=1S/C22H30N2O4/c1-3-27-19-11-15-9-10-23(13-16(15)12-20(19)28-4-2)14-24-21(25)17-7-5-6-8-18(17)22(24)26/h11-12,17-18H,3-10,13-14H2,1-2H3/t17-,18+. The van der Waals surface area contributed by atoms with Gasteiger partial charge in [0.15, 0.2) is 11.5 Å². The molecule has 1 aromatic rings. The molecule has 2 heterocycles. The van der Waals surface area contributed by atoms with Crippen molar-refractivity contribution in [1.82, 2.24) is 9.80 Å². The summed E-state index contributed by atoms with van der Waals surface area (Å²) in [6.45, 7) is 7.08. The van der Waals surface area contributed by atoms with Crippen LogP contribution < -0.4 is 9.47 Å². The number of carbonyl (C=O) groups excluding carboxylic acids is 2. The zero-order chi connectivity index (χ0) is 19.7. The van der Waals surface area contributed by atoms with Gasteiger partial charge in [-0.05, 0) is 56.4 Å². The first-order valence-electron chi connectivity index (χ1n) is 10.6. The van der Waals surface area contributed by atoms with E-state index in [1.54, 1.807) is 0 Å². The molecule has 0 radical (unpaired) electrons. The molecule has 3 aliphatic rings. The van der Waals surface area contributed by atoms with Crippen LogP contribution in [-0.2, 0) is 22.6 Å². The van der Waals surface area contributed by atoms with Crippen LogP contribution in [0, 0.1) is 11.8 Å². The molecule has 1 saturated heterocycles. The van der Waals surface area contributed by atoms with Crippen molar-refractivity contribution in [2.45, 2.75) is 52.5 Å². The summed E-state index contributed by atoms with van der Waals surface area (Å²) in [5, 5.41) is 0. The quantitative estimate of drug-likeness (QED) is 0.704. The van der Waals surface area contributed by atoms with Crippen molar-refractivity contribution in [2.24, 2.45) is 11.8 Å². The van der Waals surface area contributed by atoms with Gasteiger partial charge in [0.05, 0.1) is 31.7 Å². The normalized spacial score (nSPS) is 24.9. The molecule has 2 atom stereocenters. The third-order valence-corrected chi connectivity index (χ3v) is 6.23. The van der Waals surface area contributed by atoms with Gasteiger partial charge in [0.25, 0.3) is 0 Å². The lowest BCUT2D eigenvalue weighted by Gasteiger charge is -2.32. The zero-order valence-electron chi connectivity index (χ0n) is 16.9. The first-order valence-corrected chi connectivity index (χ1v) is 10.6. The highest BCUT2D eigenvalue weighted by atomic mass is 16.5. The van der Waals surface area contributed by atoms with E-state index in [4.69, 9.17) is 9.47 Å². The van der Waals surface area contributed by atoms with Crippen molar-refractivity contribution in [3.05, 3.63) is 23.3 Å². The average Bonchev–Trinajstić information content (AvgIpc) is 2.94. The molecule has 1 aliphatic carbocycles. The number of carbonyl (C=O) groups is 2. The van der Waals surface area contributed by atoms with Crippen LogP contribution in [0.1, 0.15) is 50.7 Å². The molecule has 0 unspecified atom stereocenters. The summed E-state index contributed by atoms with van der Waals surface area (Å²) >= 11 is 0. The minimum atomic E-state index is -0.0726. The lowest BCUT2D eigenvalue weighted by molar-refractivity contribution is -0.142. The van der Waals surface area contributed by atoms with E-state index in [1.807, 2.05) is 13.8 Å². The van der Waals surface area contributed by atoms with E-state index < -0.39 is 0 Å². The molecular weight excluding hydrogens is 356 g/mol. The van der Waals surface area contributed by atoms with Crippen molar-refractivity contribution >= 4 is 11.8 Å². The van der Waals surface area contributed by atoms with E-state index in [0.29, 0.717) is 26.4 Å². The topological polar surface area (TPSA) is 59.1 Å². The van der Waals surface area contributed by atoms with Crippen LogP contribution in [0.15, 0.2) is 12.1 Å². The fraction of sp³-hybridized carbons (Fsp3) is 0.636. The van der Waals surface area contributed by atoms with E-state index >= 15 is 0 Å². The van der Waals surface area contributed by atoms with Crippen molar-refractivity contribution in [3.8, 4) is 11.5 Å². The summed E-state index contributed by atoms with van der Waals surface area (Å²) in [7, 11) is 0. The van der Waals surface area contributed by atoms with E-state index in [-0.39, 0.29) is 23.7 Å². The molecule has 152 valence electrons. The fourth-order valence-corrected chi connectivity index (χ4v) is 4.85. The molecule has 0 spiro atoms. The Morgan fingerprint density at radius 2 is 1.50 bits per heavy atom. The Morgan fingerprint density at radius 3 is 2.07 bits per heavy atom. The summed E-state index contributed by atoms with van der Waals surface area (Å²) in [6.07, 6.45) is 4.74. The van der Waals surface area contributed by atoms with Gasteiger partial charge in [-0.1, -0.05) is 12.8 Å². The van der Waals surface area contributed by atoms with Gasteiger partial charge in [0.2, 0.25) is 11.8 Å². The predicted molar refractivity (Wildman–Crippen MR) is 105 cm³/mol. The first-order chi connectivity index (χ1) is 13.6. The van der Waals surface area contributed by atoms with Crippen LogP contribution in [-0.4, -0.2) is 48.0 Å². The van der Waals surface area contributed by atoms with Crippen LogP contribution in [0.5, 0.6) is 11.5 Å². The molecule has 0 bridgehead atoms. The van der Waals surface area contributed by atoms with E-state index in [0.717, 1.165) is 50.1 Å². The van der Waals surface area contributed by atoms with Gasteiger partial charge in [-0.15, -0.1) is 0 Å². The molecule has 4 rings (SSSR count). The number of hydrogen-bond donors (Lipinski definition) is 0. The third kappa shape index (κ3) is 3.50. The van der Waals surface area contributed by atoms with Gasteiger partial charge in [-0.2, -0.15) is 0 Å². The van der Waals surface area contributed by atoms with Crippen LogP contribution in [0.2, 0.25) is 0 Å². The average molecular weight is 386 g/mol. The molecule has 1 aromatic carbocycles. The summed E-state index contributed by atoms with van der Waals surface area (Å²) in [6, 6.07) is 4.14. The Bertz CT molecular complexity index is 739. The fourth-order valence-electron chi connectivity index (χ4n) is 4.85. The number of likely N-dealkylation sites (tertiary alicyclic amines) is 1. The maximum atomic E-state index is 12.8. The molecule has 2 aliphatic heterocycles. The molecule has 0 N–H and O–H groups in total. The second kappa shape index (κ2) is 8.11. The molecule has 1 saturated carbocycles. The minimum absolute atomic E-state index is 0.0437. The van der Waals surface area contributed by atoms with E-state index in [1.165, 1.54) is 16.0 Å². The monoisotopic (exact) mass is 386 g/mol. The van der Waals surface area contributed by atoms with E-state index in [2.05, 4.69) is 17.0 Å². The second-order valence-electron chi connectivity index (χ2n) is 7.98. The maximum absolute atomic E-state index is 12.8. The van der Waals surface area contributed by atoms with Crippen LogP contribution in [0.3, 0.4) is 0 Å². The Balaban J connectivity index is 1.48. The van der Waals surface area contributed by atoms with Gasteiger partial charge >= 0.3 is 0 Å². The summed E-state index contributed by atoms with van der Waals surface area (Å²) in [4.78, 5) is 29.3. The smallest absolute Gasteiger partial charge is 0.234 e. The maximum Gasteiger partial charge on any atom is 0.234 e. The van der Waals surface area contributed by atoms with Gasteiger partial charge < -0.3 is 9.47 Å². The number of amides is 2. The summed E-state index contributed by atoms with van der Waals surface area (Å²) in [5.41, 5.74) is 2.45. The molecule has 2 amide bonds. The molecule has 6 nitrogen and oxygen atoms in total. The molecular formula is C22H30N2O4. The van der Waals surface area contributed by atoms with Crippen LogP contribution >= 0.6 is 0 Å². The minimum Gasteiger partial charge on any atom is -0.490 e. The number of ether oxygens (including phenoxy) is 2. The highest BCUT2D eigenvalue weighted by molar-refractivity contribution is 6.05. The highest BCUT2D eigenvalue weighted by Crippen LogP contribution is 2.39. The lowest BCUT2D eigenvalue weighted by atomic mass is 9.81. The molecule has 28 heavy (non-hydrogen) atoms. The molecule has 2 fully saturated rings. The number of fused-ring (bicyclic) bond motifs is 2. The van der Waals surface area contributed by atoms with Gasteiger partial charge in [-0.25, -0.2) is 0 Å². The molecule has 0 aromatic heterocycles. The van der Waals surface area contributed by atoms with Crippen LogP contribution in [0.4, 0.5) is 0 Å². The van der Waals surface area contributed by atoms with Gasteiger partial charge in [-0.3, -0.25) is 19.4 Å². The Hall–Kier alpha value is -2.08. The van der Waals surface area contributed by atoms with Gasteiger partial charge in [0, 0.05) is 13.1 Å². The largest absolute Gasteiger partial charge is 0.490 e. The second-order valence-corrected chi connectivity index (χ2v) is 7.98. The van der Waals surface area contributed by atoms with Gasteiger partial charge in [0.1, 0.15) is 0 Å². The predicted octanol–water partition coefficient (Wildman–Crippen LogP) is 2.97. The number of hydrogen-bond acceptors (Lipinski definition) is 5. The Kier molecular flexibility index (Phi) is 5.58. The van der Waals surface area contributed by atoms with Crippen molar-refractivity contribution < 1.29 is 19.1 Å². The Morgan fingerprint density at radius 1 is 0.929 bits per heavy atom. The SMILES string of the molecule is CCOc1cc2c(cc1OCC)CN(CN1C(=O)[C@H]3CCCC[C@H]3C1=O)CC2. The molecule has 6 heteroatoms. The van der Waals surface area contributed by atoms with Crippen molar-refractivity contribution in [1.29, 1.82) is 0 Å². The number of nitrogens with zero attached hydrogens (tertiary/aromatic N) is 2. The summed E-state index contributed by atoms with van der Waals surface area (Å²) in [5.74, 6) is 1.51. The first kappa shape index (κ1) is 19.2.